The maximum atomic E-state index is 12.0. The highest BCUT2D eigenvalue weighted by molar-refractivity contribution is 6.45. The Morgan fingerprint density at radius 3 is 2.65 bits per heavy atom. The highest BCUT2D eigenvalue weighted by Crippen LogP contribution is 2.18. The van der Waals surface area contributed by atoms with Crippen molar-refractivity contribution in [3.63, 3.8) is 0 Å². The summed E-state index contributed by atoms with van der Waals surface area (Å²) in [6.07, 6.45) is 1.08. The van der Waals surface area contributed by atoms with Crippen LogP contribution >= 0.6 is 0 Å². The highest BCUT2D eigenvalue weighted by Gasteiger charge is 2.37. The molecule has 1 rings (SSSR count). The normalized spacial score (nSPS) is 22.3. The maximum Gasteiger partial charge on any atom is 0.478 e. The number of aliphatic carboxylic acids is 1. The Labute approximate surface area is 134 Å². The molecule has 2 unspecified atom stereocenters. The minimum atomic E-state index is -1.24. The number of hydrogen-bond donors (Lipinski definition) is 6. The van der Waals surface area contributed by atoms with Crippen LogP contribution in [0.4, 0.5) is 0 Å². The van der Waals surface area contributed by atoms with Gasteiger partial charge in [0.15, 0.2) is 5.96 Å². The van der Waals surface area contributed by atoms with Crippen LogP contribution in [0.15, 0.2) is 4.99 Å². The molecule has 1 heterocycles. The average molecular weight is 329 g/mol. The van der Waals surface area contributed by atoms with Crippen LogP contribution < -0.4 is 22.5 Å². The van der Waals surface area contributed by atoms with Crippen molar-refractivity contribution in [3.05, 3.63) is 0 Å². The fourth-order valence-corrected chi connectivity index (χ4v) is 2.30. The topological polar surface area (TPSA) is 186 Å². The number of aliphatic imine (C=N–C) groups is 1. The molecule has 0 saturated carbocycles. The highest BCUT2D eigenvalue weighted by atomic mass is 16.5. The quantitative estimate of drug-likeness (QED) is 0.122. The minimum Gasteiger partial charge on any atom is -0.481 e. The number of hydrogen-bond acceptors (Lipinski definition) is 6. The molecular formula is C12H24BN5O5. The Bertz CT molecular complexity index is 446. The zero-order valence-corrected chi connectivity index (χ0v) is 12.9. The molecule has 0 spiro atoms. The van der Waals surface area contributed by atoms with Crippen LogP contribution in [0, 0.1) is 0 Å². The Kier molecular flexibility index (Phi) is 7.79. The van der Waals surface area contributed by atoms with Crippen molar-refractivity contribution in [1.82, 2.24) is 5.32 Å². The molecule has 9 N–H and O–H groups in total. The number of carbonyl (C=O) groups is 2. The second-order valence-electron chi connectivity index (χ2n) is 5.49. The van der Waals surface area contributed by atoms with Crippen molar-refractivity contribution in [3.8, 4) is 0 Å². The van der Waals surface area contributed by atoms with Gasteiger partial charge in [-0.25, -0.2) is 0 Å². The summed E-state index contributed by atoms with van der Waals surface area (Å²) in [4.78, 5) is 26.4. The second-order valence-corrected chi connectivity index (χ2v) is 5.49. The number of amides is 1. The van der Waals surface area contributed by atoms with E-state index in [0.717, 1.165) is 0 Å². The van der Waals surface area contributed by atoms with Gasteiger partial charge in [0.2, 0.25) is 5.91 Å². The van der Waals surface area contributed by atoms with Crippen LogP contribution in [0.5, 0.6) is 0 Å². The number of carbonyl (C=O) groups excluding carboxylic acids is 1. The number of nitrogens with one attached hydrogen (secondary N) is 1. The molecule has 11 heteroatoms. The third-order valence-corrected chi connectivity index (χ3v) is 3.51. The van der Waals surface area contributed by atoms with Gasteiger partial charge in [0, 0.05) is 6.54 Å². The van der Waals surface area contributed by atoms with Crippen molar-refractivity contribution in [1.29, 1.82) is 0 Å². The molecule has 1 amide bonds. The summed E-state index contributed by atoms with van der Waals surface area (Å²) in [6.45, 7) is 0.384. The van der Waals surface area contributed by atoms with Gasteiger partial charge in [0.05, 0.1) is 24.5 Å². The molecule has 10 nitrogen and oxygen atoms in total. The number of nitrogens with zero attached hydrogens (tertiary/aromatic N) is 1. The zero-order chi connectivity index (χ0) is 17.4. The lowest BCUT2D eigenvalue weighted by Crippen LogP contribution is -2.56. The zero-order valence-electron chi connectivity index (χ0n) is 12.9. The van der Waals surface area contributed by atoms with Gasteiger partial charge in [-0.05, 0) is 25.7 Å². The van der Waals surface area contributed by atoms with E-state index in [1.54, 1.807) is 0 Å². The third-order valence-electron chi connectivity index (χ3n) is 3.51. The molecular weight excluding hydrogens is 305 g/mol. The van der Waals surface area contributed by atoms with Gasteiger partial charge in [-0.1, -0.05) is 0 Å². The van der Waals surface area contributed by atoms with Gasteiger partial charge < -0.3 is 37.3 Å². The second kappa shape index (κ2) is 9.33. The van der Waals surface area contributed by atoms with Crippen LogP contribution in [0.2, 0.25) is 0 Å². The summed E-state index contributed by atoms with van der Waals surface area (Å²) >= 11 is 0. The Balaban J connectivity index is 2.33. The van der Waals surface area contributed by atoms with Gasteiger partial charge >= 0.3 is 13.1 Å². The van der Waals surface area contributed by atoms with Crippen molar-refractivity contribution < 1.29 is 24.4 Å². The summed E-state index contributed by atoms with van der Waals surface area (Å²) in [5.41, 5.74) is 16.1. The first-order valence-electron chi connectivity index (χ1n) is 7.46. The van der Waals surface area contributed by atoms with E-state index in [0.29, 0.717) is 32.2 Å². The minimum absolute atomic E-state index is 0.0126. The Morgan fingerprint density at radius 2 is 2.09 bits per heavy atom. The SMILES string of the molecule is NC(N)=NCCC[C@@H](N)C(=O)NC1CCC(CC(=O)O)OB1O. The smallest absolute Gasteiger partial charge is 0.478 e. The van der Waals surface area contributed by atoms with Crippen molar-refractivity contribution in [2.75, 3.05) is 6.54 Å². The van der Waals surface area contributed by atoms with E-state index < -0.39 is 37.1 Å². The van der Waals surface area contributed by atoms with E-state index in [9.17, 15) is 14.6 Å². The van der Waals surface area contributed by atoms with Crippen LogP contribution in [0.25, 0.3) is 0 Å². The third kappa shape index (κ3) is 7.31. The molecule has 130 valence electrons. The van der Waals surface area contributed by atoms with Crippen molar-refractivity contribution >= 4 is 25.0 Å². The van der Waals surface area contributed by atoms with Gasteiger partial charge in [-0.15, -0.1) is 0 Å². The Morgan fingerprint density at radius 1 is 1.39 bits per heavy atom. The van der Waals surface area contributed by atoms with E-state index in [2.05, 4.69) is 10.3 Å². The van der Waals surface area contributed by atoms with Crippen LogP contribution in [-0.2, 0) is 14.2 Å². The van der Waals surface area contributed by atoms with Gasteiger partial charge in [-0.2, -0.15) is 0 Å². The van der Waals surface area contributed by atoms with E-state index >= 15 is 0 Å². The lowest BCUT2D eigenvalue weighted by molar-refractivity contribution is -0.139. The van der Waals surface area contributed by atoms with E-state index in [1.165, 1.54) is 0 Å². The maximum absolute atomic E-state index is 12.0. The molecule has 23 heavy (non-hydrogen) atoms. The fraction of sp³-hybridized carbons (Fsp3) is 0.750. The molecule has 1 fully saturated rings. The molecule has 3 atom stereocenters. The van der Waals surface area contributed by atoms with Gasteiger partial charge in [-0.3, -0.25) is 14.6 Å². The summed E-state index contributed by atoms with van der Waals surface area (Å²) in [6, 6.07) is -0.742. The molecule has 0 bridgehead atoms. The lowest BCUT2D eigenvalue weighted by Gasteiger charge is -2.31. The molecule has 1 aliphatic heterocycles. The molecule has 0 aromatic heterocycles. The lowest BCUT2D eigenvalue weighted by atomic mass is 9.72. The average Bonchev–Trinajstić information content (AvgIpc) is 2.45. The summed E-state index contributed by atoms with van der Waals surface area (Å²) in [5.74, 6) is -2.01. The molecule has 0 aromatic rings. The van der Waals surface area contributed by atoms with Crippen LogP contribution in [-0.4, -0.2) is 59.7 Å². The van der Waals surface area contributed by atoms with Crippen LogP contribution in [0.3, 0.4) is 0 Å². The first-order chi connectivity index (χ1) is 10.8. The van der Waals surface area contributed by atoms with Crippen molar-refractivity contribution in [2.24, 2.45) is 22.2 Å². The summed E-state index contributed by atoms with van der Waals surface area (Å²) < 4.78 is 5.19. The molecule has 0 aromatic carbocycles. The van der Waals surface area contributed by atoms with E-state index in [1.807, 2.05) is 0 Å². The fourth-order valence-electron chi connectivity index (χ4n) is 2.30. The molecule has 0 aliphatic carbocycles. The number of guanidine groups is 1. The predicted octanol–water partition coefficient (Wildman–Crippen LogP) is -2.47. The summed E-state index contributed by atoms with van der Waals surface area (Å²) in [5, 5.41) is 21.2. The largest absolute Gasteiger partial charge is 0.481 e. The molecule has 1 saturated heterocycles. The first kappa shape index (κ1) is 19.2. The van der Waals surface area contributed by atoms with Gasteiger partial charge in [0.1, 0.15) is 0 Å². The van der Waals surface area contributed by atoms with Crippen molar-refractivity contribution in [2.45, 2.75) is 50.2 Å². The Hall–Kier alpha value is -1.85. The summed E-state index contributed by atoms with van der Waals surface area (Å²) in [7, 11) is -1.24. The number of nitrogens with two attached hydrogens (primary N) is 3. The molecule has 0 radical (unpaired) electrons. The number of carboxylic acids is 1. The number of carboxylic acid groups (broad SMARTS) is 1. The predicted molar refractivity (Wildman–Crippen MR) is 84.1 cm³/mol. The monoisotopic (exact) mass is 329 g/mol. The molecule has 1 aliphatic rings. The van der Waals surface area contributed by atoms with E-state index in [4.69, 9.17) is 27.0 Å². The van der Waals surface area contributed by atoms with E-state index in [-0.39, 0.29) is 12.4 Å². The van der Waals surface area contributed by atoms with Gasteiger partial charge in [0.25, 0.3) is 0 Å². The first-order valence-corrected chi connectivity index (χ1v) is 7.46. The standard InChI is InChI=1S/C12H24BN5O5/c14-8(2-1-5-17-12(15)16)11(21)18-9-4-3-7(6-10(19)20)23-13(9)22/h7-9,22H,1-6,14H2,(H,18,21)(H,19,20)(H4,15,16,17)/t7?,8-,9?/m1/s1. The van der Waals surface area contributed by atoms with Crippen LogP contribution in [0.1, 0.15) is 32.1 Å². The number of rotatable bonds is 8.